The van der Waals surface area contributed by atoms with Gasteiger partial charge in [0.05, 0.1) is 6.54 Å². The molecule has 6 heteroatoms. The van der Waals surface area contributed by atoms with Gasteiger partial charge in [0.1, 0.15) is 0 Å². The van der Waals surface area contributed by atoms with Crippen LogP contribution in [0.2, 0.25) is 0 Å². The van der Waals surface area contributed by atoms with Gasteiger partial charge in [-0.25, -0.2) is 0 Å². The first-order chi connectivity index (χ1) is 11.0. The summed E-state index contributed by atoms with van der Waals surface area (Å²) in [6, 6.07) is 16.0. The number of nitrogens with one attached hydrogen (secondary N) is 1. The zero-order valence-corrected chi connectivity index (χ0v) is 17.1. The van der Waals surface area contributed by atoms with Crippen molar-refractivity contribution < 1.29 is 4.21 Å². The lowest BCUT2D eigenvalue weighted by Gasteiger charge is -2.08. The quantitative estimate of drug-likeness (QED) is 0.396. The van der Waals surface area contributed by atoms with Crippen molar-refractivity contribution >= 4 is 46.4 Å². The van der Waals surface area contributed by atoms with Crippen LogP contribution in [0.25, 0.3) is 0 Å². The minimum atomic E-state index is -0.932. The van der Waals surface area contributed by atoms with Gasteiger partial charge in [0, 0.05) is 28.0 Å². The van der Waals surface area contributed by atoms with E-state index in [2.05, 4.69) is 16.4 Å². The van der Waals surface area contributed by atoms with E-state index >= 15 is 0 Å². The predicted octanol–water partition coefficient (Wildman–Crippen LogP) is 3.60. The summed E-state index contributed by atoms with van der Waals surface area (Å²) in [7, 11) is -0.932. The Morgan fingerprint density at radius 3 is 2.38 bits per heavy atom. The summed E-state index contributed by atoms with van der Waals surface area (Å²) in [5.41, 5.74) is 10.2. The van der Waals surface area contributed by atoms with Crippen LogP contribution in [0.4, 0.5) is 5.69 Å². The van der Waals surface area contributed by atoms with E-state index in [-0.39, 0.29) is 24.0 Å². The Hall–Kier alpha value is -1.41. The summed E-state index contributed by atoms with van der Waals surface area (Å²) in [5, 5.41) is 3.08. The number of hydrogen-bond donors (Lipinski definition) is 2. The van der Waals surface area contributed by atoms with Crippen molar-refractivity contribution in [3.8, 4) is 0 Å². The van der Waals surface area contributed by atoms with Crippen molar-refractivity contribution in [1.82, 2.24) is 0 Å². The van der Waals surface area contributed by atoms with Crippen LogP contribution in [0, 0.1) is 13.8 Å². The summed E-state index contributed by atoms with van der Waals surface area (Å²) >= 11 is 0. The van der Waals surface area contributed by atoms with Gasteiger partial charge in [0.25, 0.3) is 0 Å². The molecule has 1 atom stereocenters. The summed E-state index contributed by atoms with van der Waals surface area (Å²) in [6.45, 7) is 4.53. The standard InChI is InChI=1S/C18H23N3OS.HI/c1-14-10-15(2)12-17(11-14)21-18(19)20-8-9-23(22)13-16-6-4-3-5-7-16;/h3-7,10-12H,8-9,13H2,1-2H3,(H3,19,20,21);1H. The van der Waals surface area contributed by atoms with Crippen LogP contribution in [0.5, 0.6) is 0 Å². The molecule has 0 saturated carbocycles. The number of rotatable bonds is 6. The van der Waals surface area contributed by atoms with E-state index in [9.17, 15) is 4.21 Å². The van der Waals surface area contributed by atoms with Gasteiger partial charge in [-0.05, 0) is 42.7 Å². The molecule has 0 bridgehead atoms. The van der Waals surface area contributed by atoms with Crippen molar-refractivity contribution in [3.63, 3.8) is 0 Å². The van der Waals surface area contributed by atoms with Crippen molar-refractivity contribution in [1.29, 1.82) is 0 Å². The molecule has 0 amide bonds. The highest BCUT2D eigenvalue weighted by atomic mass is 127. The number of anilines is 1. The van der Waals surface area contributed by atoms with E-state index in [1.807, 2.05) is 56.3 Å². The van der Waals surface area contributed by atoms with Crippen molar-refractivity contribution in [2.45, 2.75) is 19.6 Å². The van der Waals surface area contributed by atoms with Crippen LogP contribution in [0.3, 0.4) is 0 Å². The molecule has 4 nitrogen and oxygen atoms in total. The van der Waals surface area contributed by atoms with Gasteiger partial charge in [-0.3, -0.25) is 9.20 Å². The molecule has 0 aliphatic heterocycles. The summed E-state index contributed by atoms with van der Waals surface area (Å²) in [5.74, 6) is 1.41. The second kappa shape index (κ2) is 10.5. The molecule has 0 radical (unpaired) electrons. The second-order valence-corrected chi connectivity index (χ2v) is 7.12. The van der Waals surface area contributed by atoms with Crippen LogP contribution >= 0.6 is 24.0 Å². The number of nitrogens with two attached hydrogens (primary N) is 1. The summed E-state index contributed by atoms with van der Waals surface area (Å²) in [6.07, 6.45) is 0. The Bertz CT molecular complexity index is 684. The summed E-state index contributed by atoms with van der Waals surface area (Å²) < 4.78 is 12.0. The maximum atomic E-state index is 12.0. The van der Waals surface area contributed by atoms with Gasteiger partial charge in [-0.2, -0.15) is 0 Å². The SMILES string of the molecule is Cc1cc(C)cc(NC(N)=NCCS(=O)Cc2ccccc2)c1.I. The van der Waals surface area contributed by atoms with Crippen molar-refractivity contribution in [3.05, 3.63) is 65.2 Å². The van der Waals surface area contributed by atoms with Crippen LogP contribution in [0.1, 0.15) is 16.7 Å². The molecule has 2 rings (SSSR count). The Balaban J connectivity index is 0.00000288. The molecule has 0 aliphatic rings. The number of halogens is 1. The van der Waals surface area contributed by atoms with Gasteiger partial charge in [0.15, 0.2) is 5.96 Å². The third kappa shape index (κ3) is 7.44. The molecule has 24 heavy (non-hydrogen) atoms. The molecule has 0 spiro atoms. The average molecular weight is 457 g/mol. The largest absolute Gasteiger partial charge is 0.370 e. The molecule has 0 aromatic heterocycles. The number of nitrogens with zero attached hydrogens (tertiary/aromatic N) is 1. The van der Waals surface area contributed by atoms with Gasteiger partial charge in [-0.15, -0.1) is 24.0 Å². The molecule has 1 unspecified atom stereocenters. The smallest absolute Gasteiger partial charge is 0.193 e. The normalized spacial score (nSPS) is 12.3. The molecule has 130 valence electrons. The van der Waals surface area contributed by atoms with Gasteiger partial charge in [0.2, 0.25) is 0 Å². The van der Waals surface area contributed by atoms with E-state index in [0.29, 0.717) is 24.0 Å². The first-order valence-corrected chi connectivity index (χ1v) is 9.06. The molecule has 0 aliphatic carbocycles. The highest BCUT2D eigenvalue weighted by molar-refractivity contribution is 14.0. The fourth-order valence-corrected chi connectivity index (χ4v) is 3.34. The van der Waals surface area contributed by atoms with Gasteiger partial charge < -0.3 is 11.1 Å². The van der Waals surface area contributed by atoms with Crippen LogP contribution in [0.15, 0.2) is 53.5 Å². The Morgan fingerprint density at radius 1 is 1.12 bits per heavy atom. The molecule has 2 aromatic carbocycles. The lowest BCUT2D eigenvalue weighted by molar-refractivity contribution is 0.682. The number of aryl methyl sites for hydroxylation is 2. The average Bonchev–Trinajstić information content (AvgIpc) is 2.47. The van der Waals surface area contributed by atoms with Gasteiger partial charge >= 0.3 is 0 Å². The minimum Gasteiger partial charge on any atom is -0.370 e. The lowest BCUT2D eigenvalue weighted by Crippen LogP contribution is -2.23. The molecular weight excluding hydrogens is 433 g/mol. The fraction of sp³-hybridized carbons (Fsp3) is 0.278. The topological polar surface area (TPSA) is 67.5 Å². The number of aliphatic imine (C=N–C) groups is 1. The first-order valence-electron chi connectivity index (χ1n) is 7.57. The van der Waals surface area contributed by atoms with Crippen LogP contribution in [-0.2, 0) is 16.6 Å². The van der Waals surface area contributed by atoms with E-state index in [1.54, 1.807) is 0 Å². The van der Waals surface area contributed by atoms with E-state index < -0.39 is 10.8 Å². The maximum absolute atomic E-state index is 12.0. The van der Waals surface area contributed by atoms with Crippen LogP contribution < -0.4 is 11.1 Å². The summed E-state index contributed by atoms with van der Waals surface area (Å²) in [4.78, 5) is 4.25. The number of guanidine groups is 1. The van der Waals surface area contributed by atoms with Crippen molar-refractivity contribution in [2.75, 3.05) is 17.6 Å². The highest BCUT2D eigenvalue weighted by Gasteiger charge is 2.02. The third-order valence-corrected chi connectivity index (χ3v) is 4.56. The van der Waals surface area contributed by atoms with E-state index in [1.165, 1.54) is 11.1 Å². The molecule has 0 saturated heterocycles. The Morgan fingerprint density at radius 2 is 1.75 bits per heavy atom. The molecule has 0 fully saturated rings. The number of hydrogen-bond acceptors (Lipinski definition) is 2. The Labute approximate surface area is 163 Å². The second-order valence-electron chi connectivity index (χ2n) is 5.54. The fourth-order valence-electron chi connectivity index (χ4n) is 2.33. The molecule has 0 heterocycles. The zero-order chi connectivity index (χ0) is 16.7. The molecule has 2 aromatic rings. The predicted molar refractivity (Wildman–Crippen MR) is 115 cm³/mol. The Kier molecular flexibility index (Phi) is 8.99. The highest BCUT2D eigenvalue weighted by Crippen LogP contribution is 2.13. The minimum absolute atomic E-state index is 0. The molecule has 3 N–H and O–H groups in total. The molecular formula is C18H24IN3OS. The van der Waals surface area contributed by atoms with Crippen molar-refractivity contribution in [2.24, 2.45) is 10.7 Å². The number of benzene rings is 2. The first kappa shape index (κ1) is 20.6. The van der Waals surface area contributed by atoms with Crippen LogP contribution in [-0.4, -0.2) is 22.5 Å². The maximum Gasteiger partial charge on any atom is 0.193 e. The zero-order valence-electron chi connectivity index (χ0n) is 14.0. The van der Waals surface area contributed by atoms with E-state index in [0.717, 1.165) is 11.3 Å². The van der Waals surface area contributed by atoms with E-state index in [4.69, 9.17) is 5.73 Å². The monoisotopic (exact) mass is 457 g/mol. The van der Waals surface area contributed by atoms with Gasteiger partial charge in [-0.1, -0.05) is 36.4 Å². The third-order valence-electron chi connectivity index (χ3n) is 3.27. The lowest BCUT2D eigenvalue weighted by atomic mass is 10.1.